The molecule has 120 valence electrons. The predicted octanol–water partition coefficient (Wildman–Crippen LogP) is 2.45. The Morgan fingerprint density at radius 1 is 1.23 bits per heavy atom. The minimum atomic E-state index is 0.235. The average Bonchev–Trinajstić information content (AvgIpc) is 2.80. The van der Waals surface area contributed by atoms with Crippen LogP contribution in [0.3, 0.4) is 0 Å². The van der Waals surface area contributed by atoms with Crippen LogP contribution in [0.5, 0.6) is 5.75 Å². The van der Waals surface area contributed by atoms with Crippen molar-refractivity contribution in [2.24, 2.45) is 5.92 Å². The maximum Gasteiger partial charge on any atom is 0.226 e. The number of nitrogens with zero attached hydrogens (tertiary/aromatic N) is 1. The fourth-order valence-electron chi connectivity index (χ4n) is 3.57. The topological polar surface area (TPSA) is 41.6 Å². The van der Waals surface area contributed by atoms with Crippen molar-refractivity contribution >= 4 is 5.91 Å². The molecular weight excluding hydrogens is 276 g/mol. The van der Waals surface area contributed by atoms with E-state index >= 15 is 0 Å². The second-order valence-corrected chi connectivity index (χ2v) is 6.36. The van der Waals surface area contributed by atoms with Crippen molar-refractivity contribution in [3.05, 3.63) is 30.3 Å². The van der Waals surface area contributed by atoms with E-state index in [0.717, 1.165) is 31.8 Å². The Balaban J connectivity index is 1.44. The summed E-state index contributed by atoms with van der Waals surface area (Å²) in [6, 6.07) is 10.3. The van der Waals surface area contributed by atoms with Crippen LogP contribution >= 0.6 is 0 Å². The molecule has 1 aromatic carbocycles. The first kappa shape index (κ1) is 15.3. The van der Waals surface area contributed by atoms with Crippen LogP contribution in [0.25, 0.3) is 0 Å². The zero-order chi connectivity index (χ0) is 15.2. The highest BCUT2D eigenvalue weighted by atomic mass is 16.5. The lowest BCUT2D eigenvalue weighted by Crippen LogP contribution is -2.50. The van der Waals surface area contributed by atoms with Gasteiger partial charge in [0, 0.05) is 19.1 Å². The van der Waals surface area contributed by atoms with E-state index in [1.54, 1.807) is 0 Å². The molecule has 0 radical (unpaired) electrons. The number of hydrogen-bond acceptors (Lipinski definition) is 3. The van der Waals surface area contributed by atoms with Crippen LogP contribution in [-0.2, 0) is 4.79 Å². The molecule has 2 fully saturated rings. The molecule has 0 aromatic heterocycles. The number of fused-ring (bicyclic) bond motifs is 1. The van der Waals surface area contributed by atoms with Crippen LogP contribution in [0, 0.1) is 5.92 Å². The minimum absolute atomic E-state index is 0.235. The smallest absolute Gasteiger partial charge is 0.226 e. The highest BCUT2D eigenvalue weighted by Crippen LogP contribution is 2.25. The molecular formula is C18H26N2O2. The van der Waals surface area contributed by atoms with E-state index < -0.39 is 0 Å². The van der Waals surface area contributed by atoms with Gasteiger partial charge < -0.3 is 15.0 Å². The van der Waals surface area contributed by atoms with Gasteiger partial charge in [0.2, 0.25) is 5.91 Å². The first-order chi connectivity index (χ1) is 10.8. The molecule has 2 aliphatic heterocycles. The van der Waals surface area contributed by atoms with Gasteiger partial charge in [-0.1, -0.05) is 24.6 Å². The standard InChI is InChI=1S/C18H26N2O2/c21-18(10-13-22-16-7-2-1-3-8-16)20-12-9-17-15(14-20)6-4-5-11-19-17/h1-3,7-8,15,17,19H,4-6,9-14H2/t15-,17+/m0/s1. The number of nitrogens with one attached hydrogen (secondary N) is 1. The van der Waals surface area contributed by atoms with Gasteiger partial charge in [0.15, 0.2) is 0 Å². The minimum Gasteiger partial charge on any atom is -0.493 e. The van der Waals surface area contributed by atoms with Gasteiger partial charge in [0.1, 0.15) is 5.75 Å². The summed E-state index contributed by atoms with van der Waals surface area (Å²) in [5.74, 6) is 1.70. The van der Waals surface area contributed by atoms with Crippen molar-refractivity contribution < 1.29 is 9.53 Å². The van der Waals surface area contributed by atoms with E-state index in [2.05, 4.69) is 5.32 Å². The molecule has 0 bridgehead atoms. The summed E-state index contributed by atoms with van der Waals surface area (Å²) in [7, 11) is 0. The van der Waals surface area contributed by atoms with Crippen molar-refractivity contribution in [2.75, 3.05) is 26.2 Å². The van der Waals surface area contributed by atoms with E-state index in [4.69, 9.17) is 4.74 Å². The molecule has 0 saturated carbocycles. The Hall–Kier alpha value is -1.55. The normalized spacial score (nSPS) is 25.2. The number of carbonyl (C=O) groups excluding carboxylic acids is 1. The van der Waals surface area contributed by atoms with Crippen molar-refractivity contribution in [2.45, 2.75) is 38.1 Å². The first-order valence-corrected chi connectivity index (χ1v) is 8.52. The quantitative estimate of drug-likeness (QED) is 0.929. The Morgan fingerprint density at radius 2 is 2.09 bits per heavy atom. The highest BCUT2D eigenvalue weighted by Gasteiger charge is 2.31. The molecule has 0 unspecified atom stereocenters. The third-order valence-corrected chi connectivity index (χ3v) is 4.82. The fourth-order valence-corrected chi connectivity index (χ4v) is 3.57. The Kier molecular flexibility index (Phi) is 5.33. The molecule has 1 amide bonds. The molecule has 0 aliphatic carbocycles. The van der Waals surface area contributed by atoms with Crippen molar-refractivity contribution in [3.63, 3.8) is 0 Å². The number of rotatable bonds is 4. The molecule has 2 atom stereocenters. The fraction of sp³-hybridized carbons (Fsp3) is 0.611. The molecule has 22 heavy (non-hydrogen) atoms. The molecule has 3 rings (SSSR count). The lowest BCUT2D eigenvalue weighted by molar-refractivity contribution is -0.133. The Morgan fingerprint density at radius 3 is 2.95 bits per heavy atom. The van der Waals surface area contributed by atoms with E-state index in [-0.39, 0.29) is 5.91 Å². The number of piperidine rings is 1. The molecule has 2 heterocycles. The number of benzene rings is 1. The average molecular weight is 302 g/mol. The SMILES string of the molecule is O=C(CCOc1ccccc1)N1CC[C@H]2NCCCC[C@H]2C1. The summed E-state index contributed by atoms with van der Waals surface area (Å²) >= 11 is 0. The maximum atomic E-state index is 12.4. The van der Waals surface area contributed by atoms with Gasteiger partial charge in [0.25, 0.3) is 0 Å². The molecule has 2 aliphatic rings. The van der Waals surface area contributed by atoms with Gasteiger partial charge in [-0.25, -0.2) is 0 Å². The molecule has 4 nitrogen and oxygen atoms in total. The lowest BCUT2D eigenvalue weighted by Gasteiger charge is -2.38. The van der Waals surface area contributed by atoms with Crippen molar-refractivity contribution in [1.29, 1.82) is 0 Å². The van der Waals surface area contributed by atoms with Gasteiger partial charge >= 0.3 is 0 Å². The summed E-state index contributed by atoms with van der Waals surface area (Å²) in [5.41, 5.74) is 0. The van der Waals surface area contributed by atoms with Gasteiger partial charge in [-0.05, 0) is 43.9 Å². The van der Waals surface area contributed by atoms with Crippen LogP contribution in [0.4, 0.5) is 0 Å². The van der Waals surface area contributed by atoms with Gasteiger partial charge in [-0.2, -0.15) is 0 Å². The Bertz CT molecular complexity index is 477. The summed E-state index contributed by atoms with van der Waals surface area (Å²) < 4.78 is 5.63. The zero-order valence-corrected chi connectivity index (χ0v) is 13.2. The maximum absolute atomic E-state index is 12.4. The monoisotopic (exact) mass is 302 g/mol. The van der Waals surface area contributed by atoms with E-state index in [1.807, 2.05) is 35.2 Å². The third kappa shape index (κ3) is 4.01. The summed E-state index contributed by atoms with van der Waals surface area (Å²) in [5, 5.41) is 3.65. The van der Waals surface area contributed by atoms with E-state index in [1.165, 1.54) is 19.3 Å². The molecule has 2 saturated heterocycles. The largest absolute Gasteiger partial charge is 0.493 e. The van der Waals surface area contributed by atoms with Crippen LogP contribution in [0.2, 0.25) is 0 Å². The van der Waals surface area contributed by atoms with Crippen molar-refractivity contribution in [3.8, 4) is 5.75 Å². The van der Waals surface area contributed by atoms with Crippen molar-refractivity contribution in [1.82, 2.24) is 10.2 Å². The van der Waals surface area contributed by atoms with Crippen LogP contribution in [-0.4, -0.2) is 43.1 Å². The van der Waals surface area contributed by atoms with Gasteiger partial charge in [-0.15, -0.1) is 0 Å². The van der Waals surface area contributed by atoms with Crippen LogP contribution in [0.15, 0.2) is 30.3 Å². The number of carbonyl (C=O) groups is 1. The number of ether oxygens (including phenoxy) is 1. The van der Waals surface area contributed by atoms with Gasteiger partial charge in [0.05, 0.1) is 13.0 Å². The second kappa shape index (κ2) is 7.63. The second-order valence-electron chi connectivity index (χ2n) is 6.36. The number of hydrogen-bond donors (Lipinski definition) is 1. The highest BCUT2D eigenvalue weighted by molar-refractivity contribution is 5.76. The number of amides is 1. The predicted molar refractivity (Wildman–Crippen MR) is 86.9 cm³/mol. The molecule has 0 spiro atoms. The number of para-hydroxylation sites is 1. The van der Waals surface area contributed by atoms with Crippen LogP contribution in [0.1, 0.15) is 32.1 Å². The Labute approximate surface area is 132 Å². The lowest BCUT2D eigenvalue weighted by atomic mass is 9.89. The molecule has 1 aromatic rings. The molecule has 4 heteroatoms. The summed E-state index contributed by atoms with van der Waals surface area (Å²) in [6.07, 6.45) is 5.37. The van der Waals surface area contributed by atoms with E-state index in [0.29, 0.717) is 25.0 Å². The van der Waals surface area contributed by atoms with Gasteiger partial charge in [-0.3, -0.25) is 4.79 Å². The summed E-state index contributed by atoms with van der Waals surface area (Å²) in [6.45, 7) is 3.41. The molecule has 1 N–H and O–H groups in total. The summed E-state index contributed by atoms with van der Waals surface area (Å²) in [4.78, 5) is 14.4. The third-order valence-electron chi connectivity index (χ3n) is 4.82. The zero-order valence-electron chi connectivity index (χ0n) is 13.2. The van der Waals surface area contributed by atoms with Crippen LogP contribution < -0.4 is 10.1 Å². The first-order valence-electron chi connectivity index (χ1n) is 8.52. The van der Waals surface area contributed by atoms with E-state index in [9.17, 15) is 4.79 Å². The number of likely N-dealkylation sites (tertiary alicyclic amines) is 1.